The third-order valence-electron chi connectivity index (χ3n) is 4.15. The molecular formula is C14H20N4O2. The minimum atomic E-state index is 0.148. The van der Waals surface area contributed by atoms with E-state index in [0.29, 0.717) is 13.2 Å². The highest BCUT2D eigenvalue weighted by Crippen LogP contribution is 2.25. The van der Waals surface area contributed by atoms with E-state index in [2.05, 4.69) is 14.9 Å². The Hall–Kier alpha value is -1.69. The van der Waals surface area contributed by atoms with Crippen LogP contribution >= 0.6 is 0 Å². The van der Waals surface area contributed by atoms with Crippen LogP contribution in [0.1, 0.15) is 19.8 Å². The number of aromatic nitrogens is 2. The van der Waals surface area contributed by atoms with Gasteiger partial charge in [0.25, 0.3) is 0 Å². The first-order valence-electron chi connectivity index (χ1n) is 7.15. The second-order valence-corrected chi connectivity index (χ2v) is 5.32. The van der Waals surface area contributed by atoms with Crippen molar-refractivity contribution in [2.75, 3.05) is 31.1 Å². The van der Waals surface area contributed by atoms with Gasteiger partial charge in [0.05, 0.1) is 24.9 Å². The van der Waals surface area contributed by atoms with Crippen molar-refractivity contribution < 1.29 is 9.53 Å². The van der Waals surface area contributed by atoms with Gasteiger partial charge in [-0.05, 0) is 12.8 Å². The number of anilines is 1. The van der Waals surface area contributed by atoms with Crippen LogP contribution in [0.5, 0.6) is 0 Å². The first-order valence-corrected chi connectivity index (χ1v) is 7.15. The first kappa shape index (κ1) is 13.3. The lowest BCUT2D eigenvalue weighted by Crippen LogP contribution is -2.52. The number of carbonyl (C=O) groups is 1. The zero-order valence-corrected chi connectivity index (χ0v) is 11.7. The average molecular weight is 276 g/mol. The van der Waals surface area contributed by atoms with Gasteiger partial charge in [0.2, 0.25) is 5.91 Å². The van der Waals surface area contributed by atoms with Crippen LogP contribution in [0.15, 0.2) is 18.6 Å². The van der Waals surface area contributed by atoms with Crippen LogP contribution in [-0.2, 0) is 9.53 Å². The van der Waals surface area contributed by atoms with E-state index < -0.39 is 0 Å². The standard InChI is InChI=1S/C14H20N4O2/c1-11(19)18-8-9-20-13-3-7-17(6-2-12(13)18)14-10-15-4-5-16-14/h4-5,10,12-13H,2-3,6-9H2,1H3/t12-,13-/m0/s1. The lowest BCUT2D eigenvalue weighted by Gasteiger charge is -2.39. The molecule has 0 N–H and O–H groups in total. The maximum absolute atomic E-state index is 11.8. The lowest BCUT2D eigenvalue weighted by atomic mass is 10.0. The Labute approximate surface area is 118 Å². The zero-order chi connectivity index (χ0) is 13.9. The number of carbonyl (C=O) groups excluding carboxylic acids is 1. The summed E-state index contributed by atoms with van der Waals surface area (Å²) in [5.41, 5.74) is 0. The Kier molecular flexibility index (Phi) is 3.82. The molecule has 0 aromatic carbocycles. The molecule has 3 rings (SSSR count). The molecule has 2 saturated heterocycles. The van der Waals surface area contributed by atoms with Gasteiger partial charge >= 0.3 is 0 Å². The minimum absolute atomic E-state index is 0.148. The van der Waals surface area contributed by atoms with Crippen molar-refractivity contribution in [1.29, 1.82) is 0 Å². The largest absolute Gasteiger partial charge is 0.374 e. The summed E-state index contributed by atoms with van der Waals surface area (Å²) in [6.07, 6.45) is 7.17. The highest BCUT2D eigenvalue weighted by atomic mass is 16.5. The Morgan fingerprint density at radius 2 is 2.15 bits per heavy atom. The molecule has 3 heterocycles. The fourth-order valence-electron chi connectivity index (χ4n) is 3.16. The number of amides is 1. The maximum Gasteiger partial charge on any atom is 0.219 e. The Balaban J connectivity index is 1.74. The summed E-state index contributed by atoms with van der Waals surface area (Å²) < 4.78 is 5.87. The molecule has 2 atom stereocenters. The molecule has 6 nitrogen and oxygen atoms in total. The van der Waals surface area contributed by atoms with Gasteiger partial charge < -0.3 is 14.5 Å². The van der Waals surface area contributed by atoms with Gasteiger partial charge in [0.1, 0.15) is 5.82 Å². The second-order valence-electron chi connectivity index (χ2n) is 5.32. The molecule has 0 spiro atoms. The maximum atomic E-state index is 11.8. The predicted molar refractivity (Wildman–Crippen MR) is 74.4 cm³/mol. The van der Waals surface area contributed by atoms with Crippen LogP contribution in [0.4, 0.5) is 5.82 Å². The van der Waals surface area contributed by atoms with Crippen LogP contribution < -0.4 is 4.90 Å². The lowest BCUT2D eigenvalue weighted by molar-refractivity contribution is -0.144. The quantitative estimate of drug-likeness (QED) is 0.755. The average Bonchev–Trinajstić information content (AvgIpc) is 2.70. The van der Waals surface area contributed by atoms with Gasteiger partial charge in [-0.1, -0.05) is 0 Å². The molecule has 0 radical (unpaired) electrons. The van der Waals surface area contributed by atoms with Gasteiger partial charge in [0, 0.05) is 39.0 Å². The first-order chi connectivity index (χ1) is 9.75. The summed E-state index contributed by atoms with van der Waals surface area (Å²) in [5.74, 6) is 1.05. The van der Waals surface area contributed by atoms with Crippen molar-refractivity contribution in [2.45, 2.75) is 31.9 Å². The number of morpholine rings is 1. The van der Waals surface area contributed by atoms with Crippen molar-refractivity contribution >= 4 is 11.7 Å². The molecule has 2 aliphatic rings. The molecule has 2 aliphatic heterocycles. The van der Waals surface area contributed by atoms with Gasteiger partial charge in [-0.15, -0.1) is 0 Å². The fraction of sp³-hybridized carbons (Fsp3) is 0.643. The van der Waals surface area contributed by atoms with E-state index in [4.69, 9.17) is 4.74 Å². The van der Waals surface area contributed by atoms with Gasteiger partial charge in [0.15, 0.2) is 0 Å². The van der Waals surface area contributed by atoms with E-state index in [0.717, 1.165) is 31.7 Å². The van der Waals surface area contributed by atoms with Crippen LogP contribution in [0.3, 0.4) is 0 Å². The van der Waals surface area contributed by atoms with E-state index >= 15 is 0 Å². The number of nitrogens with zero attached hydrogens (tertiary/aromatic N) is 4. The Bertz CT molecular complexity index is 468. The van der Waals surface area contributed by atoms with Gasteiger partial charge in [-0.25, -0.2) is 4.98 Å². The van der Waals surface area contributed by atoms with Gasteiger partial charge in [-0.3, -0.25) is 9.78 Å². The minimum Gasteiger partial charge on any atom is -0.374 e. The number of fused-ring (bicyclic) bond motifs is 1. The van der Waals surface area contributed by atoms with Crippen molar-refractivity contribution in [3.63, 3.8) is 0 Å². The molecular weight excluding hydrogens is 256 g/mol. The smallest absolute Gasteiger partial charge is 0.219 e. The van der Waals surface area contributed by atoms with Crippen molar-refractivity contribution in [1.82, 2.24) is 14.9 Å². The van der Waals surface area contributed by atoms with Crippen LogP contribution in [0, 0.1) is 0 Å². The van der Waals surface area contributed by atoms with E-state index in [1.54, 1.807) is 25.5 Å². The number of hydrogen-bond acceptors (Lipinski definition) is 5. The van der Waals surface area contributed by atoms with Crippen molar-refractivity contribution in [3.05, 3.63) is 18.6 Å². The zero-order valence-electron chi connectivity index (χ0n) is 11.7. The van der Waals surface area contributed by atoms with Crippen molar-refractivity contribution in [3.8, 4) is 0 Å². The Morgan fingerprint density at radius 3 is 2.90 bits per heavy atom. The summed E-state index contributed by atoms with van der Waals surface area (Å²) in [6, 6.07) is 0.197. The summed E-state index contributed by atoms with van der Waals surface area (Å²) in [5, 5.41) is 0. The third kappa shape index (κ3) is 2.60. The molecule has 2 fully saturated rings. The number of rotatable bonds is 1. The molecule has 0 aliphatic carbocycles. The summed E-state index contributed by atoms with van der Waals surface area (Å²) in [4.78, 5) is 24.4. The van der Waals surface area contributed by atoms with Crippen LogP contribution in [0.2, 0.25) is 0 Å². The molecule has 1 amide bonds. The molecule has 108 valence electrons. The van der Waals surface area contributed by atoms with E-state index in [9.17, 15) is 4.79 Å². The van der Waals surface area contributed by atoms with Crippen molar-refractivity contribution in [2.24, 2.45) is 0 Å². The highest BCUT2D eigenvalue weighted by molar-refractivity contribution is 5.73. The van der Waals surface area contributed by atoms with Crippen LogP contribution in [0.25, 0.3) is 0 Å². The second kappa shape index (κ2) is 5.75. The summed E-state index contributed by atoms with van der Waals surface area (Å²) in [7, 11) is 0. The summed E-state index contributed by atoms with van der Waals surface area (Å²) in [6.45, 7) is 4.78. The molecule has 1 aromatic heterocycles. The fourth-order valence-corrected chi connectivity index (χ4v) is 3.16. The van der Waals surface area contributed by atoms with E-state index in [1.165, 1.54) is 0 Å². The molecule has 0 bridgehead atoms. The Morgan fingerprint density at radius 1 is 1.30 bits per heavy atom. The molecule has 0 saturated carbocycles. The summed E-state index contributed by atoms with van der Waals surface area (Å²) >= 11 is 0. The molecule has 20 heavy (non-hydrogen) atoms. The highest BCUT2D eigenvalue weighted by Gasteiger charge is 2.36. The SMILES string of the molecule is CC(=O)N1CCO[C@H]2CCN(c3cnccn3)CC[C@@H]21. The molecule has 6 heteroatoms. The predicted octanol–water partition coefficient (Wildman–Crippen LogP) is 0.693. The van der Waals surface area contributed by atoms with E-state index in [-0.39, 0.29) is 18.1 Å². The number of hydrogen-bond donors (Lipinski definition) is 0. The molecule has 0 unspecified atom stereocenters. The number of ether oxygens (including phenoxy) is 1. The van der Waals surface area contributed by atoms with E-state index in [1.807, 2.05) is 4.90 Å². The normalized spacial score (nSPS) is 26.9. The topological polar surface area (TPSA) is 58.6 Å². The van der Waals surface area contributed by atoms with Crippen LogP contribution in [-0.4, -0.2) is 59.2 Å². The third-order valence-corrected chi connectivity index (χ3v) is 4.15. The van der Waals surface area contributed by atoms with Gasteiger partial charge in [-0.2, -0.15) is 0 Å². The molecule has 1 aromatic rings. The monoisotopic (exact) mass is 276 g/mol.